The number of aliphatic imine (C=N–C) groups is 1. The van der Waals surface area contributed by atoms with E-state index < -0.39 is 0 Å². The number of benzene rings is 1. The lowest BCUT2D eigenvalue weighted by Crippen LogP contribution is -2.38. The van der Waals surface area contributed by atoms with Crippen LogP contribution in [-0.4, -0.2) is 27.3 Å². The molecule has 3 aromatic rings. The van der Waals surface area contributed by atoms with Crippen LogP contribution in [0.2, 0.25) is 0 Å². The van der Waals surface area contributed by atoms with Gasteiger partial charge in [-0.1, -0.05) is 18.2 Å². The molecule has 156 valence electrons. The fourth-order valence-corrected chi connectivity index (χ4v) is 3.39. The molecule has 0 unspecified atom stereocenters. The van der Waals surface area contributed by atoms with Gasteiger partial charge in [-0.2, -0.15) is 0 Å². The summed E-state index contributed by atoms with van der Waals surface area (Å²) in [7, 11) is 1.94. The van der Waals surface area contributed by atoms with Crippen molar-refractivity contribution in [2.75, 3.05) is 6.54 Å². The Labute approximate surface area is 191 Å². The summed E-state index contributed by atoms with van der Waals surface area (Å²) in [5, 5.41) is 17.0. The molecular formula is C20H26FIN6S. The summed E-state index contributed by atoms with van der Waals surface area (Å²) in [5.74, 6) is 2.20. The topological polar surface area (TPSA) is 67.1 Å². The molecule has 29 heavy (non-hydrogen) atoms. The van der Waals surface area contributed by atoms with Gasteiger partial charge in [0.15, 0.2) is 11.8 Å². The SMILES string of the molecule is Cc1cc(CN=C(NCCc2cccs2)NCc2nnc(C)n2C)ccc1F.I. The predicted molar refractivity (Wildman–Crippen MR) is 126 cm³/mol. The van der Waals surface area contributed by atoms with E-state index in [2.05, 4.69) is 43.3 Å². The Morgan fingerprint density at radius 3 is 2.69 bits per heavy atom. The van der Waals surface area contributed by atoms with Crippen LogP contribution in [-0.2, 0) is 26.6 Å². The van der Waals surface area contributed by atoms with Crippen molar-refractivity contribution < 1.29 is 4.39 Å². The van der Waals surface area contributed by atoms with Gasteiger partial charge in [0.05, 0.1) is 13.1 Å². The average Bonchev–Trinajstić information content (AvgIpc) is 3.31. The van der Waals surface area contributed by atoms with Gasteiger partial charge < -0.3 is 15.2 Å². The van der Waals surface area contributed by atoms with Gasteiger partial charge in [-0.15, -0.1) is 45.5 Å². The molecule has 0 saturated carbocycles. The normalized spacial score (nSPS) is 11.2. The highest BCUT2D eigenvalue weighted by Gasteiger charge is 2.07. The van der Waals surface area contributed by atoms with Crippen LogP contribution < -0.4 is 10.6 Å². The summed E-state index contributed by atoms with van der Waals surface area (Å²) in [4.78, 5) is 5.98. The minimum absolute atomic E-state index is 0. The Bertz CT molecular complexity index is 939. The Hall–Kier alpha value is -2.01. The zero-order valence-electron chi connectivity index (χ0n) is 16.8. The fourth-order valence-electron chi connectivity index (χ4n) is 2.68. The molecule has 9 heteroatoms. The summed E-state index contributed by atoms with van der Waals surface area (Å²) in [5.41, 5.74) is 1.59. The van der Waals surface area contributed by atoms with Crippen LogP contribution in [0.3, 0.4) is 0 Å². The Kier molecular flexibility index (Phi) is 9.02. The Morgan fingerprint density at radius 1 is 1.21 bits per heavy atom. The predicted octanol–water partition coefficient (Wildman–Crippen LogP) is 3.73. The smallest absolute Gasteiger partial charge is 0.191 e. The molecule has 1 aromatic carbocycles. The molecule has 6 nitrogen and oxygen atoms in total. The van der Waals surface area contributed by atoms with Crippen LogP contribution in [0.1, 0.15) is 27.7 Å². The second kappa shape index (κ2) is 11.2. The number of aryl methyl sites for hydroxylation is 2. The standard InChI is InChI=1S/C20H25FN6S.HI/c1-14-11-16(6-7-18(14)21)12-23-20(22-9-8-17-5-4-10-28-17)24-13-19-26-25-15(2)27(19)3;/h4-7,10-11H,8-9,12-13H2,1-3H3,(H2,22,23,24);1H. The van der Waals surface area contributed by atoms with Crippen molar-refractivity contribution in [3.05, 3.63) is 69.2 Å². The van der Waals surface area contributed by atoms with Crippen molar-refractivity contribution in [1.29, 1.82) is 0 Å². The largest absolute Gasteiger partial charge is 0.356 e. The van der Waals surface area contributed by atoms with Crippen molar-refractivity contribution in [3.63, 3.8) is 0 Å². The van der Waals surface area contributed by atoms with Crippen LogP contribution in [0.4, 0.5) is 4.39 Å². The summed E-state index contributed by atoms with van der Waals surface area (Å²) >= 11 is 1.75. The van der Waals surface area contributed by atoms with Crippen molar-refractivity contribution in [2.24, 2.45) is 12.0 Å². The lowest BCUT2D eigenvalue weighted by atomic mass is 10.1. The molecule has 3 rings (SSSR count). The highest BCUT2D eigenvalue weighted by molar-refractivity contribution is 14.0. The van der Waals surface area contributed by atoms with Crippen molar-refractivity contribution in [2.45, 2.75) is 33.4 Å². The number of thiophene rings is 1. The molecule has 0 aliphatic carbocycles. The molecule has 0 spiro atoms. The van der Waals surface area contributed by atoms with E-state index in [1.165, 1.54) is 10.9 Å². The van der Waals surface area contributed by atoms with Gasteiger partial charge in [0.25, 0.3) is 0 Å². The average molecular weight is 528 g/mol. The molecule has 2 N–H and O–H groups in total. The number of hydrogen-bond donors (Lipinski definition) is 2. The third-order valence-electron chi connectivity index (χ3n) is 4.48. The van der Waals surface area contributed by atoms with Gasteiger partial charge in [-0.25, -0.2) is 9.38 Å². The first-order valence-corrected chi connectivity index (χ1v) is 10.1. The van der Waals surface area contributed by atoms with Crippen LogP contribution in [0, 0.1) is 19.7 Å². The molecule has 0 saturated heterocycles. The minimum Gasteiger partial charge on any atom is -0.356 e. The maximum absolute atomic E-state index is 13.5. The molecule has 0 atom stereocenters. The molecule has 0 fully saturated rings. The fraction of sp³-hybridized carbons (Fsp3) is 0.350. The third kappa shape index (κ3) is 6.77. The number of aromatic nitrogens is 3. The second-order valence-corrected chi connectivity index (χ2v) is 7.61. The maximum Gasteiger partial charge on any atom is 0.191 e. The Balaban J connectivity index is 0.00000300. The van der Waals surface area contributed by atoms with E-state index in [0.29, 0.717) is 24.6 Å². The van der Waals surface area contributed by atoms with E-state index in [4.69, 9.17) is 0 Å². The molecule has 2 heterocycles. The monoisotopic (exact) mass is 528 g/mol. The van der Waals surface area contributed by atoms with Gasteiger partial charge in [-0.05, 0) is 48.9 Å². The summed E-state index contributed by atoms with van der Waals surface area (Å²) in [6, 6.07) is 9.26. The van der Waals surface area contributed by atoms with Crippen molar-refractivity contribution in [3.8, 4) is 0 Å². The van der Waals surface area contributed by atoms with Gasteiger partial charge in [0.2, 0.25) is 0 Å². The van der Waals surface area contributed by atoms with E-state index in [1.54, 1.807) is 24.3 Å². The third-order valence-corrected chi connectivity index (χ3v) is 5.42. The van der Waals surface area contributed by atoms with Crippen molar-refractivity contribution >= 4 is 41.3 Å². The van der Waals surface area contributed by atoms with E-state index in [-0.39, 0.29) is 29.8 Å². The highest BCUT2D eigenvalue weighted by Crippen LogP contribution is 2.10. The van der Waals surface area contributed by atoms with E-state index in [0.717, 1.165) is 30.2 Å². The molecule has 0 aliphatic heterocycles. The zero-order valence-corrected chi connectivity index (χ0v) is 19.9. The van der Waals surface area contributed by atoms with Gasteiger partial charge in [-0.3, -0.25) is 0 Å². The van der Waals surface area contributed by atoms with Crippen LogP contribution in [0.5, 0.6) is 0 Å². The number of rotatable bonds is 7. The number of guanidine groups is 1. The molecule has 0 amide bonds. The lowest BCUT2D eigenvalue weighted by Gasteiger charge is -2.12. The molecular weight excluding hydrogens is 502 g/mol. The van der Waals surface area contributed by atoms with E-state index in [1.807, 2.05) is 24.6 Å². The molecule has 0 aliphatic rings. The van der Waals surface area contributed by atoms with Crippen molar-refractivity contribution in [1.82, 2.24) is 25.4 Å². The quantitative estimate of drug-likeness (QED) is 0.279. The zero-order chi connectivity index (χ0) is 19.9. The molecule has 0 bridgehead atoms. The summed E-state index contributed by atoms with van der Waals surface area (Å²) < 4.78 is 15.4. The summed E-state index contributed by atoms with van der Waals surface area (Å²) in [6.07, 6.45) is 0.928. The van der Waals surface area contributed by atoms with E-state index >= 15 is 0 Å². The Morgan fingerprint density at radius 2 is 2.03 bits per heavy atom. The summed E-state index contributed by atoms with van der Waals surface area (Å²) in [6.45, 7) is 5.43. The van der Waals surface area contributed by atoms with Gasteiger partial charge in [0.1, 0.15) is 11.6 Å². The number of nitrogens with one attached hydrogen (secondary N) is 2. The first-order valence-electron chi connectivity index (χ1n) is 9.17. The van der Waals surface area contributed by atoms with Crippen LogP contribution in [0.25, 0.3) is 0 Å². The van der Waals surface area contributed by atoms with E-state index in [9.17, 15) is 4.39 Å². The van der Waals surface area contributed by atoms with Crippen LogP contribution >= 0.6 is 35.3 Å². The van der Waals surface area contributed by atoms with Gasteiger partial charge in [0, 0.05) is 18.5 Å². The number of nitrogens with zero attached hydrogens (tertiary/aromatic N) is 4. The highest BCUT2D eigenvalue weighted by atomic mass is 127. The lowest BCUT2D eigenvalue weighted by molar-refractivity contribution is 0.617. The first kappa shape index (κ1) is 23.3. The maximum atomic E-state index is 13.5. The molecule has 0 radical (unpaired) electrons. The number of halogens is 2. The first-order chi connectivity index (χ1) is 13.5. The number of hydrogen-bond acceptors (Lipinski definition) is 4. The van der Waals surface area contributed by atoms with Gasteiger partial charge >= 0.3 is 0 Å². The minimum atomic E-state index is -0.196. The second-order valence-electron chi connectivity index (χ2n) is 6.58. The molecule has 2 aromatic heterocycles. The van der Waals surface area contributed by atoms with Crippen LogP contribution in [0.15, 0.2) is 40.7 Å².